The zero-order chi connectivity index (χ0) is 30.5. The third-order valence-corrected chi connectivity index (χ3v) is 9.37. The fraction of sp³-hybridized carbons (Fsp3) is 0.321. The van der Waals surface area contributed by atoms with E-state index in [1.165, 1.54) is 28.0 Å². The molecule has 14 heteroatoms. The fourth-order valence-electron chi connectivity index (χ4n) is 5.05. The van der Waals surface area contributed by atoms with E-state index in [0.717, 1.165) is 24.2 Å². The van der Waals surface area contributed by atoms with Crippen LogP contribution in [0.4, 0.5) is 19.3 Å². The number of carbonyl (C=O) groups is 2. The summed E-state index contributed by atoms with van der Waals surface area (Å²) >= 11 is 18.6. The second kappa shape index (κ2) is 11.6. The lowest BCUT2D eigenvalue weighted by Crippen LogP contribution is -2.52. The molecule has 2 aliphatic rings. The normalized spacial score (nSPS) is 15.5. The Morgan fingerprint density at radius 3 is 2.33 bits per heavy atom. The van der Waals surface area contributed by atoms with Crippen LogP contribution in [0.25, 0.3) is 0 Å². The van der Waals surface area contributed by atoms with Crippen LogP contribution in [0.3, 0.4) is 0 Å². The van der Waals surface area contributed by atoms with Crippen LogP contribution in [0.2, 0.25) is 10.0 Å². The molecule has 0 spiro atoms. The number of carbonyl (C=O) groups excluding carboxylic acids is 2. The van der Waals surface area contributed by atoms with E-state index < -0.39 is 28.1 Å². The van der Waals surface area contributed by atoms with Crippen LogP contribution in [-0.4, -0.2) is 51.0 Å². The summed E-state index contributed by atoms with van der Waals surface area (Å²) in [7, 11) is 0. The number of aromatic hydroxyl groups is 1. The Balaban J connectivity index is 1.49. The van der Waals surface area contributed by atoms with Gasteiger partial charge in [-0.25, -0.2) is 4.79 Å². The van der Waals surface area contributed by atoms with Crippen molar-refractivity contribution in [3.63, 3.8) is 0 Å². The van der Waals surface area contributed by atoms with Crippen molar-refractivity contribution in [1.82, 2.24) is 14.8 Å². The highest BCUT2D eigenvalue weighted by molar-refractivity contribution is 7.99. The largest absolute Gasteiger partial charge is 0.506 e. The first-order valence-electron chi connectivity index (χ1n) is 12.9. The van der Waals surface area contributed by atoms with Gasteiger partial charge in [0.05, 0.1) is 15.7 Å². The number of urea groups is 1. The number of nitrogens with one attached hydrogen (secondary N) is 1. The van der Waals surface area contributed by atoms with E-state index in [4.69, 9.17) is 34.8 Å². The van der Waals surface area contributed by atoms with Crippen LogP contribution in [0.1, 0.15) is 47.4 Å². The third kappa shape index (κ3) is 5.79. The number of H-pyrrole nitrogens is 1. The van der Waals surface area contributed by atoms with Gasteiger partial charge in [0.25, 0.3) is 11.5 Å². The summed E-state index contributed by atoms with van der Waals surface area (Å²) in [6, 6.07) is 8.54. The summed E-state index contributed by atoms with van der Waals surface area (Å²) < 4.78 is 28.1. The summed E-state index contributed by atoms with van der Waals surface area (Å²) in [5, 5.41) is 7.33. The molecular weight excluding hydrogens is 633 g/mol. The number of phenolic OH excluding ortho intramolecular Hbond substituents is 1. The summed E-state index contributed by atoms with van der Waals surface area (Å²) in [6.07, 6.45) is 0.723. The second-order valence-corrected chi connectivity index (χ2v) is 12.6. The van der Waals surface area contributed by atoms with Crippen molar-refractivity contribution in [2.45, 2.75) is 54.6 Å². The van der Waals surface area contributed by atoms with Crippen LogP contribution in [0.15, 0.2) is 51.0 Å². The van der Waals surface area contributed by atoms with E-state index in [0.29, 0.717) is 29.9 Å². The van der Waals surface area contributed by atoms with Crippen molar-refractivity contribution < 1.29 is 23.5 Å². The van der Waals surface area contributed by atoms with Crippen molar-refractivity contribution >= 4 is 64.2 Å². The number of hydrogen-bond acceptors (Lipinski definition) is 5. The number of halogens is 5. The summed E-state index contributed by atoms with van der Waals surface area (Å²) in [6.45, 7) is 4.97. The summed E-state index contributed by atoms with van der Waals surface area (Å²) in [5.41, 5.74) is -0.716. The molecule has 0 bridgehead atoms. The van der Waals surface area contributed by atoms with Gasteiger partial charge in [-0.3, -0.25) is 14.5 Å². The lowest BCUT2D eigenvalue weighted by molar-refractivity contribution is 0.0740. The van der Waals surface area contributed by atoms with Gasteiger partial charge in [0.2, 0.25) is 0 Å². The number of nitrogens with zero attached hydrogens (tertiary/aromatic N) is 3. The van der Waals surface area contributed by atoms with Crippen molar-refractivity contribution in [2.24, 2.45) is 0 Å². The number of benzene rings is 2. The molecule has 0 radical (unpaired) electrons. The highest BCUT2D eigenvalue weighted by Crippen LogP contribution is 2.42. The first kappa shape index (κ1) is 30.5. The Morgan fingerprint density at radius 1 is 1.07 bits per heavy atom. The first-order chi connectivity index (χ1) is 19.8. The highest BCUT2D eigenvalue weighted by atomic mass is 35.5. The Bertz CT molecular complexity index is 1630. The molecule has 3 aromatic rings. The third-order valence-electron chi connectivity index (χ3n) is 7.13. The lowest BCUT2D eigenvalue weighted by Gasteiger charge is -2.38. The summed E-state index contributed by atoms with van der Waals surface area (Å²) in [4.78, 5) is 46.8. The molecule has 3 heterocycles. The maximum absolute atomic E-state index is 14.0. The van der Waals surface area contributed by atoms with Gasteiger partial charge in [-0.15, -0.1) is 0 Å². The van der Waals surface area contributed by atoms with Crippen molar-refractivity contribution in [3.8, 4) is 5.75 Å². The molecule has 0 atom stereocenters. The van der Waals surface area contributed by atoms with Gasteiger partial charge in [0, 0.05) is 42.0 Å². The molecule has 0 aliphatic carbocycles. The second-order valence-electron chi connectivity index (χ2n) is 10.2. The van der Waals surface area contributed by atoms with Crippen LogP contribution >= 0.6 is 46.6 Å². The number of amides is 3. The minimum absolute atomic E-state index is 0.0130. The van der Waals surface area contributed by atoms with Gasteiger partial charge in [-0.2, -0.15) is 8.78 Å². The number of anilines is 1. The quantitative estimate of drug-likeness (QED) is 0.278. The molecular formula is C28H25Cl3F2N4O4S. The van der Waals surface area contributed by atoms with E-state index in [2.05, 4.69) is 0 Å². The zero-order valence-corrected chi connectivity index (χ0v) is 25.5. The fourth-order valence-corrected chi connectivity index (χ4v) is 6.79. The molecule has 42 heavy (non-hydrogen) atoms. The van der Waals surface area contributed by atoms with Gasteiger partial charge in [-0.05, 0) is 73.3 Å². The molecule has 2 N–H and O–H groups in total. The number of phenols is 1. The van der Waals surface area contributed by atoms with E-state index in [9.17, 15) is 28.3 Å². The van der Waals surface area contributed by atoms with Gasteiger partial charge in [0.15, 0.2) is 0 Å². The Hall–Kier alpha value is -2.99. The number of fused-ring (bicyclic) bond motifs is 1. The SMILES string of the molecule is CC(C)N1CCCN(c2cc3c(cc2O)CN(C(=O)c2c(Sc4c(Cl)cccc4Cl)cc(C(F)(F)Cl)[nH]c2=O)C3)C1=O. The van der Waals surface area contributed by atoms with E-state index in [-0.39, 0.29) is 50.7 Å². The molecule has 0 saturated carbocycles. The maximum Gasteiger partial charge on any atom is 0.362 e. The minimum Gasteiger partial charge on any atom is -0.506 e. The molecule has 1 saturated heterocycles. The Morgan fingerprint density at radius 2 is 1.71 bits per heavy atom. The smallest absolute Gasteiger partial charge is 0.362 e. The predicted molar refractivity (Wildman–Crippen MR) is 158 cm³/mol. The van der Waals surface area contributed by atoms with Gasteiger partial charge in [-0.1, -0.05) is 41.0 Å². The van der Waals surface area contributed by atoms with E-state index in [1.807, 2.05) is 18.8 Å². The zero-order valence-electron chi connectivity index (χ0n) is 22.4. The van der Waals surface area contributed by atoms with E-state index >= 15 is 0 Å². The van der Waals surface area contributed by atoms with Crippen LogP contribution in [0.5, 0.6) is 5.75 Å². The number of alkyl halides is 3. The van der Waals surface area contributed by atoms with Gasteiger partial charge >= 0.3 is 11.4 Å². The molecule has 3 amide bonds. The number of rotatable bonds is 6. The first-order valence-corrected chi connectivity index (χ1v) is 14.9. The molecule has 1 aromatic heterocycles. The minimum atomic E-state index is -3.91. The summed E-state index contributed by atoms with van der Waals surface area (Å²) in [5.74, 6) is -0.846. The molecule has 8 nitrogen and oxygen atoms in total. The Kier molecular flexibility index (Phi) is 8.41. The number of pyridine rings is 1. The lowest BCUT2D eigenvalue weighted by atomic mass is 10.1. The molecule has 2 aromatic carbocycles. The van der Waals surface area contributed by atoms with Gasteiger partial charge in [0.1, 0.15) is 17.0 Å². The Labute approximate surface area is 259 Å². The average molecular weight is 658 g/mol. The molecule has 222 valence electrons. The van der Waals surface area contributed by atoms with Crippen LogP contribution in [0, 0.1) is 0 Å². The standard InChI is InChI=1S/C28H25Cl3F2N4O4S/c1-14(2)36-7-4-8-37(27(36)41)19-9-15-12-35(13-16(15)10-20(19)38)26(40)23-21(11-22(28(31,32)33)34-25(23)39)42-24-17(29)5-3-6-18(24)30/h3,5-6,9-11,14,38H,4,7-8,12-13H2,1-2H3,(H,34,39). The van der Waals surface area contributed by atoms with Crippen LogP contribution < -0.4 is 10.5 Å². The highest BCUT2D eigenvalue weighted by Gasteiger charge is 2.36. The van der Waals surface area contributed by atoms with Crippen molar-refractivity contribution in [2.75, 3.05) is 18.0 Å². The van der Waals surface area contributed by atoms with Crippen LogP contribution in [-0.2, 0) is 18.5 Å². The molecule has 0 unspecified atom stereocenters. The monoisotopic (exact) mass is 656 g/mol. The predicted octanol–water partition coefficient (Wildman–Crippen LogP) is 7.02. The maximum atomic E-state index is 14.0. The number of aromatic nitrogens is 1. The van der Waals surface area contributed by atoms with Gasteiger partial charge < -0.3 is 19.9 Å². The topological polar surface area (TPSA) is 96.9 Å². The van der Waals surface area contributed by atoms with E-state index in [1.54, 1.807) is 17.0 Å². The number of hydrogen-bond donors (Lipinski definition) is 2. The molecule has 1 fully saturated rings. The van der Waals surface area contributed by atoms with Crippen molar-refractivity contribution in [3.05, 3.63) is 79.2 Å². The van der Waals surface area contributed by atoms with Crippen molar-refractivity contribution in [1.29, 1.82) is 0 Å². The molecule has 2 aliphatic heterocycles. The molecule has 5 rings (SSSR count). The average Bonchev–Trinajstić information content (AvgIpc) is 3.32. The number of aromatic amines is 1.